The van der Waals surface area contributed by atoms with E-state index >= 15 is 0 Å². The van der Waals surface area contributed by atoms with E-state index in [1.54, 1.807) is 12.1 Å². The van der Waals surface area contributed by atoms with Gasteiger partial charge in [-0.05, 0) is 30.5 Å². The van der Waals surface area contributed by atoms with Gasteiger partial charge in [0.2, 0.25) is 0 Å². The summed E-state index contributed by atoms with van der Waals surface area (Å²) in [5.41, 5.74) is 2.06. The van der Waals surface area contributed by atoms with Crippen molar-refractivity contribution in [3.8, 4) is 0 Å². The third kappa shape index (κ3) is 5.37. The molecule has 5 nitrogen and oxygen atoms in total. The van der Waals surface area contributed by atoms with Gasteiger partial charge in [-0.3, -0.25) is 0 Å². The van der Waals surface area contributed by atoms with Crippen molar-refractivity contribution in [2.24, 2.45) is 5.92 Å². The zero-order valence-corrected chi connectivity index (χ0v) is 14.5. The SMILES string of the molecule is Cc1cnc(CCNC(=O)NCC(C)C)n1Cc1ccc(F)cc1. The summed E-state index contributed by atoms with van der Waals surface area (Å²) >= 11 is 0. The summed E-state index contributed by atoms with van der Waals surface area (Å²) in [6, 6.07) is 6.31. The van der Waals surface area contributed by atoms with Crippen LogP contribution in [0.5, 0.6) is 0 Å². The van der Waals surface area contributed by atoms with Crippen LogP contribution in [-0.4, -0.2) is 28.7 Å². The third-order valence-corrected chi connectivity index (χ3v) is 3.70. The highest BCUT2D eigenvalue weighted by Crippen LogP contribution is 2.11. The van der Waals surface area contributed by atoms with Crippen molar-refractivity contribution in [1.29, 1.82) is 0 Å². The second-order valence-electron chi connectivity index (χ2n) is 6.31. The van der Waals surface area contributed by atoms with Gasteiger partial charge in [-0.25, -0.2) is 14.2 Å². The van der Waals surface area contributed by atoms with E-state index in [1.807, 2.05) is 13.1 Å². The van der Waals surface area contributed by atoms with Gasteiger partial charge in [-0.1, -0.05) is 26.0 Å². The van der Waals surface area contributed by atoms with E-state index in [0.29, 0.717) is 32.0 Å². The van der Waals surface area contributed by atoms with Crippen molar-refractivity contribution >= 4 is 6.03 Å². The molecule has 130 valence electrons. The maximum absolute atomic E-state index is 13.0. The minimum atomic E-state index is -0.238. The van der Waals surface area contributed by atoms with Gasteiger partial charge in [0.15, 0.2) is 0 Å². The highest BCUT2D eigenvalue weighted by Gasteiger charge is 2.09. The lowest BCUT2D eigenvalue weighted by Crippen LogP contribution is -2.38. The third-order valence-electron chi connectivity index (χ3n) is 3.70. The molecule has 2 aromatic rings. The van der Waals surface area contributed by atoms with E-state index in [-0.39, 0.29) is 11.8 Å². The molecule has 0 aliphatic carbocycles. The topological polar surface area (TPSA) is 59.0 Å². The number of imidazole rings is 1. The van der Waals surface area contributed by atoms with Crippen LogP contribution < -0.4 is 10.6 Å². The molecule has 24 heavy (non-hydrogen) atoms. The first-order chi connectivity index (χ1) is 11.5. The normalized spacial score (nSPS) is 10.9. The number of nitrogens with one attached hydrogen (secondary N) is 2. The first kappa shape index (κ1) is 18.0. The van der Waals surface area contributed by atoms with Crippen molar-refractivity contribution < 1.29 is 9.18 Å². The predicted octanol–water partition coefficient (Wildman–Crippen LogP) is 2.88. The monoisotopic (exact) mass is 332 g/mol. The Morgan fingerprint density at radius 1 is 1.25 bits per heavy atom. The lowest BCUT2D eigenvalue weighted by molar-refractivity contribution is 0.239. The summed E-state index contributed by atoms with van der Waals surface area (Å²) in [7, 11) is 0. The summed E-state index contributed by atoms with van der Waals surface area (Å²) in [5.74, 6) is 1.09. The number of hydrogen-bond donors (Lipinski definition) is 2. The number of amides is 2. The Morgan fingerprint density at radius 2 is 1.96 bits per heavy atom. The number of aryl methyl sites for hydroxylation is 1. The molecule has 0 aliphatic heterocycles. The Labute approximate surface area is 142 Å². The van der Waals surface area contributed by atoms with Gasteiger partial charge >= 0.3 is 6.03 Å². The fraction of sp³-hybridized carbons (Fsp3) is 0.444. The van der Waals surface area contributed by atoms with E-state index in [4.69, 9.17) is 0 Å². The number of rotatable bonds is 7. The molecule has 0 spiro atoms. The van der Waals surface area contributed by atoms with Crippen LogP contribution in [0.25, 0.3) is 0 Å². The van der Waals surface area contributed by atoms with Gasteiger partial charge in [0.25, 0.3) is 0 Å². The van der Waals surface area contributed by atoms with Crippen molar-refractivity contribution in [2.45, 2.75) is 33.7 Å². The minimum absolute atomic E-state index is 0.155. The maximum atomic E-state index is 13.0. The second kappa shape index (κ2) is 8.47. The van der Waals surface area contributed by atoms with E-state index in [9.17, 15) is 9.18 Å². The molecule has 0 unspecified atom stereocenters. The summed E-state index contributed by atoms with van der Waals surface area (Å²) in [4.78, 5) is 16.1. The van der Waals surface area contributed by atoms with Gasteiger partial charge < -0.3 is 15.2 Å². The standard InChI is InChI=1S/C18H25FN4O/c1-13(2)10-22-18(24)20-9-8-17-21-11-14(3)23(17)12-15-4-6-16(19)7-5-15/h4-7,11,13H,8-10,12H2,1-3H3,(H2,20,22,24). The van der Waals surface area contributed by atoms with Crippen LogP contribution in [0.2, 0.25) is 0 Å². The van der Waals surface area contributed by atoms with Crippen molar-refractivity contribution in [3.05, 3.63) is 53.4 Å². The number of carbonyl (C=O) groups excluding carboxylic acids is 1. The smallest absolute Gasteiger partial charge is 0.314 e. The predicted molar refractivity (Wildman–Crippen MR) is 92.4 cm³/mol. The summed E-state index contributed by atoms with van der Waals surface area (Å²) in [5, 5.41) is 5.66. The van der Waals surface area contributed by atoms with Gasteiger partial charge in [-0.15, -0.1) is 0 Å². The van der Waals surface area contributed by atoms with Gasteiger partial charge in [-0.2, -0.15) is 0 Å². The second-order valence-corrected chi connectivity index (χ2v) is 6.31. The van der Waals surface area contributed by atoms with Crippen LogP contribution in [-0.2, 0) is 13.0 Å². The average Bonchev–Trinajstić information content (AvgIpc) is 2.88. The number of urea groups is 1. The lowest BCUT2D eigenvalue weighted by atomic mass is 10.2. The quantitative estimate of drug-likeness (QED) is 0.819. The Balaban J connectivity index is 1.90. The number of nitrogens with zero attached hydrogens (tertiary/aromatic N) is 2. The number of benzene rings is 1. The summed E-state index contributed by atoms with van der Waals surface area (Å²) in [6.07, 6.45) is 2.46. The number of hydrogen-bond acceptors (Lipinski definition) is 2. The van der Waals surface area contributed by atoms with E-state index in [2.05, 4.69) is 34.0 Å². The molecule has 2 amide bonds. The molecule has 1 aromatic carbocycles. The zero-order chi connectivity index (χ0) is 17.5. The average molecular weight is 332 g/mol. The van der Waals surface area contributed by atoms with E-state index in [1.165, 1.54) is 12.1 Å². The van der Waals surface area contributed by atoms with Crippen LogP contribution in [0.4, 0.5) is 9.18 Å². The fourth-order valence-electron chi connectivity index (χ4n) is 2.35. The molecule has 1 aromatic heterocycles. The molecule has 6 heteroatoms. The van der Waals surface area contributed by atoms with Crippen LogP contribution in [0, 0.1) is 18.7 Å². The Bertz CT molecular complexity index is 664. The first-order valence-electron chi connectivity index (χ1n) is 8.23. The number of halogens is 1. The van der Waals surface area contributed by atoms with Crippen LogP contribution >= 0.6 is 0 Å². The molecule has 2 rings (SSSR count). The van der Waals surface area contributed by atoms with Crippen LogP contribution in [0.1, 0.15) is 30.9 Å². The molecule has 0 saturated carbocycles. The molecule has 0 saturated heterocycles. The van der Waals surface area contributed by atoms with Gasteiger partial charge in [0.1, 0.15) is 11.6 Å². The Hall–Kier alpha value is -2.37. The highest BCUT2D eigenvalue weighted by molar-refractivity contribution is 5.73. The first-order valence-corrected chi connectivity index (χ1v) is 8.23. The fourth-order valence-corrected chi connectivity index (χ4v) is 2.35. The molecule has 0 aliphatic rings. The van der Waals surface area contributed by atoms with Crippen molar-refractivity contribution in [3.63, 3.8) is 0 Å². The Morgan fingerprint density at radius 3 is 2.62 bits per heavy atom. The highest BCUT2D eigenvalue weighted by atomic mass is 19.1. The van der Waals surface area contributed by atoms with Gasteiger partial charge in [0, 0.05) is 37.9 Å². The van der Waals surface area contributed by atoms with Crippen LogP contribution in [0.3, 0.4) is 0 Å². The lowest BCUT2D eigenvalue weighted by Gasteiger charge is -2.12. The molecule has 2 N–H and O–H groups in total. The van der Waals surface area contributed by atoms with E-state index < -0.39 is 0 Å². The van der Waals surface area contributed by atoms with Crippen molar-refractivity contribution in [1.82, 2.24) is 20.2 Å². The molecule has 0 bridgehead atoms. The minimum Gasteiger partial charge on any atom is -0.338 e. The van der Waals surface area contributed by atoms with E-state index in [0.717, 1.165) is 17.1 Å². The molecule has 0 radical (unpaired) electrons. The number of carbonyl (C=O) groups is 1. The molecular formula is C18H25FN4O. The molecular weight excluding hydrogens is 307 g/mol. The largest absolute Gasteiger partial charge is 0.338 e. The molecule has 1 heterocycles. The Kier molecular flexibility index (Phi) is 6.35. The summed E-state index contributed by atoms with van der Waals surface area (Å²) in [6.45, 7) is 7.91. The van der Waals surface area contributed by atoms with Gasteiger partial charge in [0.05, 0.1) is 0 Å². The van der Waals surface area contributed by atoms with Crippen molar-refractivity contribution in [2.75, 3.05) is 13.1 Å². The summed E-state index contributed by atoms with van der Waals surface area (Å²) < 4.78 is 15.1. The number of aromatic nitrogens is 2. The zero-order valence-electron chi connectivity index (χ0n) is 14.5. The van der Waals surface area contributed by atoms with Crippen LogP contribution in [0.15, 0.2) is 30.5 Å². The maximum Gasteiger partial charge on any atom is 0.314 e. The molecule has 0 atom stereocenters. The molecule has 0 fully saturated rings.